The second-order valence-electron chi connectivity index (χ2n) is 6.66. The molecular weight excluding hydrogens is 533 g/mol. The molecular formula is C23H14BrCl2N3O4. The Morgan fingerprint density at radius 2 is 1.82 bits per heavy atom. The normalized spacial score (nSPS) is 10.9. The molecule has 0 aliphatic heterocycles. The number of nitro benzene ring substituents is 1. The van der Waals surface area contributed by atoms with Gasteiger partial charge >= 0.3 is 0 Å². The van der Waals surface area contributed by atoms with Crippen molar-refractivity contribution in [1.29, 1.82) is 5.26 Å². The molecule has 3 aromatic rings. The van der Waals surface area contributed by atoms with Gasteiger partial charge in [0.25, 0.3) is 11.6 Å². The van der Waals surface area contributed by atoms with E-state index in [-0.39, 0.29) is 22.9 Å². The van der Waals surface area contributed by atoms with Gasteiger partial charge in [-0.3, -0.25) is 14.9 Å². The van der Waals surface area contributed by atoms with E-state index in [0.717, 1.165) is 5.56 Å². The van der Waals surface area contributed by atoms with Crippen LogP contribution < -0.4 is 10.1 Å². The lowest BCUT2D eigenvalue weighted by atomic mass is 10.1. The van der Waals surface area contributed by atoms with Crippen LogP contribution in [0.25, 0.3) is 6.08 Å². The van der Waals surface area contributed by atoms with Crippen LogP contribution in [0.1, 0.15) is 11.1 Å². The fourth-order valence-corrected chi connectivity index (χ4v) is 3.83. The Balaban J connectivity index is 1.74. The van der Waals surface area contributed by atoms with E-state index in [1.54, 1.807) is 48.5 Å². The minimum atomic E-state index is -0.578. The number of hydrogen-bond donors (Lipinski definition) is 1. The highest BCUT2D eigenvalue weighted by atomic mass is 79.9. The van der Waals surface area contributed by atoms with Crippen LogP contribution in [0.3, 0.4) is 0 Å². The summed E-state index contributed by atoms with van der Waals surface area (Å²) in [5, 5.41) is 23.6. The number of benzene rings is 3. The van der Waals surface area contributed by atoms with Gasteiger partial charge < -0.3 is 10.1 Å². The second-order valence-corrected chi connectivity index (χ2v) is 8.35. The lowest BCUT2D eigenvalue weighted by Crippen LogP contribution is -2.13. The molecule has 10 heteroatoms. The van der Waals surface area contributed by atoms with Crippen LogP contribution in [0, 0.1) is 21.4 Å². The van der Waals surface area contributed by atoms with Gasteiger partial charge in [-0.15, -0.1) is 0 Å². The molecule has 1 amide bonds. The molecule has 0 bridgehead atoms. The molecule has 166 valence electrons. The number of nitrogens with one attached hydrogen (secondary N) is 1. The third kappa shape index (κ3) is 6.56. The summed E-state index contributed by atoms with van der Waals surface area (Å²) in [6, 6.07) is 17.6. The zero-order valence-electron chi connectivity index (χ0n) is 16.7. The van der Waals surface area contributed by atoms with Crippen molar-refractivity contribution in [1.82, 2.24) is 0 Å². The summed E-state index contributed by atoms with van der Waals surface area (Å²) in [6.45, 7) is 0.137. The van der Waals surface area contributed by atoms with E-state index < -0.39 is 10.8 Å². The van der Waals surface area contributed by atoms with Crippen molar-refractivity contribution in [3.63, 3.8) is 0 Å². The molecule has 0 heterocycles. The number of anilines is 1. The number of nitriles is 1. The number of ether oxygens (including phenoxy) is 1. The van der Waals surface area contributed by atoms with Crippen LogP contribution in [0.4, 0.5) is 11.4 Å². The Hall–Kier alpha value is -3.38. The molecule has 0 aliphatic rings. The fourth-order valence-electron chi connectivity index (χ4n) is 2.72. The highest BCUT2D eigenvalue weighted by Gasteiger charge is 2.13. The number of nitro groups is 1. The average Bonchev–Trinajstić information content (AvgIpc) is 2.78. The van der Waals surface area contributed by atoms with Gasteiger partial charge in [-0.25, -0.2) is 0 Å². The van der Waals surface area contributed by atoms with E-state index in [9.17, 15) is 20.2 Å². The van der Waals surface area contributed by atoms with Gasteiger partial charge in [0.2, 0.25) is 0 Å². The Morgan fingerprint density at radius 3 is 2.39 bits per heavy atom. The Labute approximate surface area is 207 Å². The topological polar surface area (TPSA) is 105 Å². The summed E-state index contributed by atoms with van der Waals surface area (Å²) in [4.78, 5) is 22.7. The van der Waals surface area contributed by atoms with E-state index in [0.29, 0.717) is 26.5 Å². The molecule has 0 aromatic heterocycles. The molecule has 33 heavy (non-hydrogen) atoms. The van der Waals surface area contributed by atoms with E-state index in [4.69, 9.17) is 27.9 Å². The van der Waals surface area contributed by atoms with Crippen LogP contribution in [0.5, 0.6) is 5.75 Å². The largest absolute Gasteiger partial charge is 0.486 e. The van der Waals surface area contributed by atoms with Gasteiger partial charge in [-0.2, -0.15) is 5.26 Å². The predicted octanol–water partition coefficient (Wildman–Crippen LogP) is 6.79. The fraction of sp³-hybridized carbons (Fsp3) is 0.0435. The third-order valence-corrected chi connectivity index (χ3v) is 5.45. The standard InChI is InChI=1S/C23H14BrCl2N3O4/c24-20-10-15(9-16(12-27)23(30)28-18-5-3-17(25)4-6-18)11-21(26)22(20)33-13-14-1-7-19(8-2-14)29(31)32/h1-11H,13H2,(H,28,30)/b16-9-. The van der Waals surface area contributed by atoms with Gasteiger partial charge in [0, 0.05) is 22.8 Å². The zero-order valence-corrected chi connectivity index (χ0v) is 19.8. The van der Waals surface area contributed by atoms with Crippen molar-refractivity contribution < 1.29 is 14.5 Å². The highest BCUT2D eigenvalue weighted by molar-refractivity contribution is 9.10. The van der Waals surface area contributed by atoms with Crippen molar-refractivity contribution in [3.05, 3.63) is 102 Å². The molecule has 0 saturated carbocycles. The minimum Gasteiger partial charge on any atom is -0.486 e. The maximum Gasteiger partial charge on any atom is 0.269 e. The maximum atomic E-state index is 12.4. The van der Waals surface area contributed by atoms with E-state index >= 15 is 0 Å². The van der Waals surface area contributed by atoms with Crippen LogP contribution in [-0.2, 0) is 11.4 Å². The summed E-state index contributed by atoms with van der Waals surface area (Å²) < 4.78 is 6.26. The van der Waals surface area contributed by atoms with Crippen LogP contribution in [0.2, 0.25) is 10.0 Å². The number of halogens is 3. The Bertz CT molecular complexity index is 1250. The van der Waals surface area contributed by atoms with Gasteiger partial charge in [-0.05, 0) is 81.7 Å². The molecule has 3 aromatic carbocycles. The lowest BCUT2D eigenvalue weighted by Gasteiger charge is -2.11. The SMILES string of the molecule is N#C/C(=C/c1cc(Cl)c(OCc2ccc([N+](=O)[O-])cc2)c(Br)c1)C(=O)Nc1ccc(Cl)cc1. The molecule has 3 rings (SSSR count). The summed E-state index contributed by atoms with van der Waals surface area (Å²) in [7, 11) is 0. The first-order valence-corrected chi connectivity index (χ1v) is 10.9. The summed E-state index contributed by atoms with van der Waals surface area (Å²) in [5.41, 5.74) is 1.60. The predicted molar refractivity (Wildman–Crippen MR) is 130 cm³/mol. The number of carbonyl (C=O) groups is 1. The molecule has 0 saturated heterocycles. The first-order chi connectivity index (χ1) is 15.8. The van der Waals surface area contributed by atoms with Crippen LogP contribution in [-0.4, -0.2) is 10.8 Å². The maximum absolute atomic E-state index is 12.4. The van der Waals surface area contributed by atoms with Crippen molar-refractivity contribution in [2.45, 2.75) is 6.61 Å². The van der Waals surface area contributed by atoms with Crippen LogP contribution in [0.15, 0.2) is 70.7 Å². The summed E-state index contributed by atoms with van der Waals surface area (Å²) in [6.07, 6.45) is 1.40. The molecule has 0 fully saturated rings. The quantitative estimate of drug-likeness (QED) is 0.152. The van der Waals surface area contributed by atoms with Gasteiger partial charge in [0.1, 0.15) is 18.2 Å². The highest BCUT2D eigenvalue weighted by Crippen LogP contribution is 2.36. The molecule has 0 radical (unpaired) electrons. The molecule has 0 unspecified atom stereocenters. The van der Waals surface area contributed by atoms with E-state index in [1.807, 2.05) is 6.07 Å². The smallest absolute Gasteiger partial charge is 0.269 e. The first kappa shape index (κ1) is 24.3. The van der Waals surface area contributed by atoms with Crippen molar-refractivity contribution in [2.24, 2.45) is 0 Å². The summed E-state index contributed by atoms with van der Waals surface area (Å²) in [5.74, 6) is -0.221. The number of rotatable bonds is 7. The number of carbonyl (C=O) groups excluding carboxylic acids is 1. The Morgan fingerprint density at radius 1 is 1.15 bits per heavy atom. The molecule has 0 aliphatic carbocycles. The second kappa shape index (κ2) is 11.0. The lowest BCUT2D eigenvalue weighted by molar-refractivity contribution is -0.384. The number of nitrogens with zero attached hydrogens (tertiary/aromatic N) is 2. The minimum absolute atomic E-state index is 0.0116. The van der Waals surface area contributed by atoms with Crippen molar-refractivity contribution in [2.75, 3.05) is 5.32 Å². The van der Waals surface area contributed by atoms with E-state index in [1.165, 1.54) is 18.2 Å². The Kier molecular flexibility index (Phi) is 8.06. The monoisotopic (exact) mass is 545 g/mol. The first-order valence-electron chi connectivity index (χ1n) is 9.30. The van der Waals surface area contributed by atoms with Crippen molar-refractivity contribution >= 4 is 62.5 Å². The zero-order chi connectivity index (χ0) is 24.0. The molecule has 7 nitrogen and oxygen atoms in total. The van der Waals surface area contributed by atoms with Crippen molar-refractivity contribution in [3.8, 4) is 11.8 Å². The van der Waals surface area contributed by atoms with Gasteiger partial charge in [-0.1, -0.05) is 23.2 Å². The van der Waals surface area contributed by atoms with E-state index in [2.05, 4.69) is 21.2 Å². The number of amides is 1. The molecule has 0 atom stereocenters. The van der Waals surface area contributed by atoms with Gasteiger partial charge in [0.15, 0.2) is 5.75 Å². The number of non-ortho nitro benzene ring substituents is 1. The summed E-state index contributed by atoms with van der Waals surface area (Å²) >= 11 is 15.6. The average molecular weight is 547 g/mol. The molecule has 1 N–H and O–H groups in total. The van der Waals surface area contributed by atoms with Gasteiger partial charge in [0.05, 0.1) is 14.4 Å². The van der Waals surface area contributed by atoms with Crippen LogP contribution >= 0.6 is 39.1 Å². The number of hydrogen-bond acceptors (Lipinski definition) is 5. The molecule has 0 spiro atoms. The third-order valence-electron chi connectivity index (χ3n) is 4.33.